The molecule has 4 rings (SSSR count). The third-order valence-corrected chi connectivity index (χ3v) is 6.84. The van der Waals surface area contributed by atoms with Crippen molar-refractivity contribution in [1.82, 2.24) is 14.9 Å². The number of amides is 1. The maximum absolute atomic E-state index is 13.0. The first-order valence-corrected chi connectivity index (χ1v) is 11.3. The lowest BCUT2D eigenvalue weighted by atomic mass is 10.2. The highest BCUT2D eigenvalue weighted by molar-refractivity contribution is 8.01. The molecule has 0 bridgehead atoms. The summed E-state index contributed by atoms with van der Waals surface area (Å²) in [7, 11) is 0. The van der Waals surface area contributed by atoms with E-state index < -0.39 is 0 Å². The SMILES string of the molecule is CC1SC(c2ccccc2)N(n2c(COc3c(Cl)cc(Cl)cc3Cl)n[nH]c2=S)C1=O. The zero-order chi connectivity index (χ0) is 21.4. The molecule has 0 spiro atoms. The lowest BCUT2D eigenvalue weighted by Gasteiger charge is -2.25. The Balaban J connectivity index is 1.68. The van der Waals surface area contributed by atoms with E-state index in [1.807, 2.05) is 37.3 Å². The third-order valence-electron chi connectivity index (χ3n) is 4.46. The number of nitrogens with one attached hydrogen (secondary N) is 1. The molecule has 30 heavy (non-hydrogen) atoms. The van der Waals surface area contributed by atoms with Gasteiger partial charge in [-0.15, -0.1) is 11.8 Å². The molecule has 2 heterocycles. The number of rotatable bonds is 5. The zero-order valence-corrected chi connectivity index (χ0v) is 19.4. The van der Waals surface area contributed by atoms with Crippen LogP contribution in [0.2, 0.25) is 15.1 Å². The quantitative estimate of drug-likeness (QED) is 0.449. The highest BCUT2D eigenvalue weighted by atomic mass is 35.5. The van der Waals surface area contributed by atoms with Crippen molar-refractivity contribution >= 4 is 64.7 Å². The number of hydrogen-bond donors (Lipinski definition) is 1. The number of carbonyl (C=O) groups is 1. The van der Waals surface area contributed by atoms with Crippen molar-refractivity contribution in [3.8, 4) is 5.75 Å². The van der Waals surface area contributed by atoms with Crippen LogP contribution in [0, 0.1) is 4.77 Å². The molecular formula is C19H15Cl3N4O2S2. The lowest BCUT2D eigenvalue weighted by Crippen LogP contribution is -2.41. The monoisotopic (exact) mass is 500 g/mol. The van der Waals surface area contributed by atoms with Gasteiger partial charge in [0.15, 0.2) is 11.6 Å². The van der Waals surface area contributed by atoms with Gasteiger partial charge in [-0.2, -0.15) is 5.10 Å². The number of aromatic amines is 1. The van der Waals surface area contributed by atoms with Crippen LogP contribution in [-0.2, 0) is 11.4 Å². The summed E-state index contributed by atoms with van der Waals surface area (Å²) in [5.41, 5.74) is 0.985. The molecule has 11 heteroatoms. The van der Waals surface area contributed by atoms with Crippen molar-refractivity contribution in [1.29, 1.82) is 0 Å². The molecule has 156 valence electrons. The van der Waals surface area contributed by atoms with Gasteiger partial charge in [-0.3, -0.25) is 9.89 Å². The number of carbonyl (C=O) groups excluding carboxylic acids is 1. The second kappa shape index (κ2) is 8.80. The largest absolute Gasteiger partial charge is 0.482 e. The Labute approximate surface area is 197 Å². The minimum absolute atomic E-state index is 0.0153. The van der Waals surface area contributed by atoms with E-state index in [1.165, 1.54) is 12.1 Å². The maximum atomic E-state index is 13.0. The fourth-order valence-corrected chi connectivity index (χ4v) is 5.50. The number of benzene rings is 2. The van der Waals surface area contributed by atoms with Crippen LogP contribution in [0.4, 0.5) is 0 Å². The number of nitrogens with zero attached hydrogens (tertiary/aromatic N) is 3. The molecule has 0 aliphatic carbocycles. The average molecular weight is 502 g/mol. The molecule has 1 fully saturated rings. The summed E-state index contributed by atoms with van der Waals surface area (Å²) >= 11 is 25.3. The van der Waals surface area contributed by atoms with E-state index in [0.29, 0.717) is 10.8 Å². The van der Waals surface area contributed by atoms with Gasteiger partial charge < -0.3 is 4.74 Å². The highest BCUT2D eigenvalue weighted by Gasteiger charge is 2.41. The topological polar surface area (TPSA) is 63.1 Å². The van der Waals surface area contributed by atoms with Crippen LogP contribution in [0.5, 0.6) is 5.75 Å². The summed E-state index contributed by atoms with van der Waals surface area (Å²) in [6.45, 7) is 1.86. The van der Waals surface area contributed by atoms with Gasteiger partial charge in [-0.05, 0) is 36.8 Å². The molecule has 1 aliphatic rings. The fraction of sp³-hybridized carbons (Fsp3) is 0.211. The fourth-order valence-electron chi connectivity index (χ4n) is 3.10. The Morgan fingerprint density at radius 1 is 1.20 bits per heavy atom. The molecule has 1 amide bonds. The third kappa shape index (κ3) is 4.07. The first-order chi connectivity index (χ1) is 14.4. The number of H-pyrrole nitrogens is 1. The molecule has 3 aromatic rings. The van der Waals surface area contributed by atoms with Crippen LogP contribution in [0.15, 0.2) is 42.5 Å². The summed E-state index contributed by atoms with van der Waals surface area (Å²) in [6, 6.07) is 12.8. The van der Waals surface area contributed by atoms with Crippen molar-refractivity contribution in [2.75, 3.05) is 5.01 Å². The molecule has 1 aliphatic heterocycles. The predicted octanol–water partition coefficient (Wildman–Crippen LogP) is 5.78. The van der Waals surface area contributed by atoms with Crippen LogP contribution in [0.3, 0.4) is 0 Å². The Morgan fingerprint density at radius 2 is 1.87 bits per heavy atom. The highest BCUT2D eigenvalue weighted by Crippen LogP contribution is 2.42. The van der Waals surface area contributed by atoms with Gasteiger partial charge in [-0.25, -0.2) is 9.69 Å². The zero-order valence-electron chi connectivity index (χ0n) is 15.5. The van der Waals surface area contributed by atoms with Crippen LogP contribution >= 0.6 is 58.8 Å². The van der Waals surface area contributed by atoms with E-state index in [9.17, 15) is 4.79 Å². The maximum Gasteiger partial charge on any atom is 0.255 e. The molecule has 0 saturated carbocycles. The second-order valence-electron chi connectivity index (χ2n) is 6.47. The number of hydrogen-bond acceptors (Lipinski definition) is 5. The van der Waals surface area contributed by atoms with E-state index in [1.54, 1.807) is 21.4 Å². The number of aromatic nitrogens is 3. The van der Waals surface area contributed by atoms with Gasteiger partial charge in [0.2, 0.25) is 4.77 Å². The summed E-state index contributed by atoms with van der Waals surface area (Å²) in [4.78, 5) is 13.0. The lowest BCUT2D eigenvalue weighted by molar-refractivity contribution is -0.119. The summed E-state index contributed by atoms with van der Waals surface area (Å²) in [6.07, 6.45) is 0. The first kappa shape index (κ1) is 21.5. The number of halogens is 3. The van der Waals surface area contributed by atoms with E-state index in [0.717, 1.165) is 5.56 Å². The molecule has 1 aromatic heterocycles. The molecule has 1 saturated heterocycles. The van der Waals surface area contributed by atoms with E-state index in [-0.39, 0.29) is 43.7 Å². The molecule has 2 atom stereocenters. The van der Waals surface area contributed by atoms with Gasteiger partial charge in [0.1, 0.15) is 12.0 Å². The van der Waals surface area contributed by atoms with Gasteiger partial charge in [0, 0.05) is 5.02 Å². The van der Waals surface area contributed by atoms with E-state index >= 15 is 0 Å². The first-order valence-electron chi connectivity index (χ1n) is 8.84. The van der Waals surface area contributed by atoms with Gasteiger partial charge in [0.25, 0.3) is 5.91 Å². The van der Waals surface area contributed by atoms with Crippen molar-refractivity contribution < 1.29 is 9.53 Å². The Kier molecular flexibility index (Phi) is 6.31. The summed E-state index contributed by atoms with van der Waals surface area (Å²) in [5.74, 6) is 0.611. The minimum atomic E-state index is -0.251. The predicted molar refractivity (Wildman–Crippen MR) is 123 cm³/mol. The summed E-state index contributed by atoms with van der Waals surface area (Å²) < 4.78 is 7.66. The molecule has 6 nitrogen and oxygen atoms in total. The van der Waals surface area contributed by atoms with Crippen molar-refractivity contribution in [3.05, 3.63) is 73.7 Å². The Morgan fingerprint density at radius 3 is 2.53 bits per heavy atom. The molecule has 2 aromatic carbocycles. The molecular weight excluding hydrogens is 487 g/mol. The van der Waals surface area contributed by atoms with Crippen LogP contribution in [0.1, 0.15) is 23.7 Å². The van der Waals surface area contributed by atoms with Crippen LogP contribution in [0.25, 0.3) is 0 Å². The average Bonchev–Trinajstić information content (AvgIpc) is 3.21. The van der Waals surface area contributed by atoms with Gasteiger partial charge >= 0.3 is 0 Å². The van der Waals surface area contributed by atoms with Crippen molar-refractivity contribution in [2.24, 2.45) is 0 Å². The van der Waals surface area contributed by atoms with Crippen LogP contribution in [-0.4, -0.2) is 26.0 Å². The second-order valence-corrected chi connectivity index (χ2v) is 9.53. The molecule has 2 unspecified atom stereocenters. The minimum Gasteiger partial charge on any atom is -0.482 e. The van der Waals surface area contributed by atoms with Gasteiger partial charge in [0.05, 0.1) is 15.3 Å². The van der Waals surface area contributed by atoms with Crippen LogP contribution < -0.4 is 9.75 Å². The Bertz CT molecular complexity index is 1130. The smallest absolute Gasteiger partial charge is 0.255 e. The van der Waals surface area contributed by atoms with Gasteiger partial charge in [-0.1, -0.05) is 65.1 Å². The van der Waals surface area contributed by atoms with E-state index in [4.69, 9.17) is 51.8 Å². The summed E-state index contributed by atoms with van der Waals surface area (Å²) in [5, 5.41) is 9.06. The number of ether oxygens (including phenoxy) is 1. The van der Waals surface area contributed by atoms with Crippen molar-refractivity contribution in [2.45, 2.75) is 24.2 Å². The normalized spacial score (nSPS) is 18.8. The van der Waals surface area contributed by atoms with E-state index in [2.05, 4.69) is 10.2 Å². The Hall–Kier alpha value is -1.71. The molecule has 1 N–H and O–H groups in total. The molecule has 0 radical (unpaired) electrons. The number of thioether (sulfide) groups is 1. The standard InChI is InChI=1S/C19H15Cl3N4O2S2/c1-10-17(27)26(18(30-10)11-5-3-2-4-6-11)25-15(23-24-19(25)29)9-28-16-13(21)7-12(20)8-14(16)22/h2-8,10,18H,9H2,1H3,(H,24,29). The van der Waals surface area contributed by atoms with Crippen molar-refractivity contribution in [3.63, 3.8) is 0 Å².